The predicted octanol–water partition coefficient (Wildman–Crippen LogP) is 6.59. The first-order valence-corrected chi connectivity index (χ1v) is 17.2. The summed E-state index contributed by atoms with van der Waals surface area (Å²) >= 11 is 21.8. The number of carboxylic acids is 1. The van der Waals surface area contributed by atoms with Crippen molar-refractivity contribution in [2.24, 2.45) is 15.9 Å². The van der Waals surface area contributed by atoms with Crippen molar-refractivity contribution in [2.45, 2.75) is 4.90 Å². The molecule has 0 unspecified atom stereocenters. The molecule has 0 amide bonds. The molecule has 8 N–H and O–H groups in total. The van der Waals surface area contributed by atoms with Gasteiger partial charge in [-0.3, -0.25) is 9.98 Å². The predicted molar refractivity (Wildman–Crippen MR) is 207 cm³/mol. The molecule has 5 aromatic rings. The summed E-state index contributed by atoms with van der Waals surface area (Å²) in [5.74, 6) is -1.14. The van der Waals surface area contributed by atoms with Gasteiger partial charge in [0.15, 0.2) is 10.2 Å². The average molecular weight is 786 g/mol. The highest BCUT2D eigenvalue weighted by Crippen LogP contribution is 2.30. The summed E-state index contributed by atoms with van der Waals surface area (Å²) in [5, 5.41) is 43.4. The zero-order valence-corrected chi connectivity index (χ0v) is 29.8. The molecule has 262 valence electrons. The van der Waals surface area contributed by atoms with Crippen LogP contribution in [0, 0.1) is 0 Å². The zero-order valence-electron chi connectivity index (χ0n) is 25.8. The summed E-state index contributed by atoms with van der Waals surface area (Å²) in [7, 11) is -4.24. The molecule has 0 bridgehead atoms. The van der Waals surface area contributed by atoms with E-state index in [0.717, 1.165) is 10.8 Å². The van der Waals surface area contributed by atoms with Crippen molar-refractivity contribution in [1.82, 2.24) is 5.43 Å². The molecule has 0 aliphatic heterocycles. The van der Waals surface area contributed by atoms with E-state index in [1.54, 1.807) is 6.07 Å². The molecule has 0 heterocycles. The smallest absolute Gasteiger partial charge is 0.335 e. The molecule has 13 nitrogen and oxygen atoms in total. The number of anilines is 2. The standard InChI is InChI=1S/C18H15N3O4S2.C15H11Cl2N3O3S/c22-17-10-5-12-3-1-2-4-15(12)16(17)11-19-21-18(26)20-13-6-8-14(9-7-13)27(23,24)25;16-10-5-9(13(21)12(17)6-10)7-19-20(15(18)24)11-3-1-8(2-4-11)14(22)23/h1-11,22H,(H2,20,21,26)(H,23,24,25);1-7,21H,(H2,18,24)(H,22,23). The summed E-state index contributed by atoms with van der Waals surface area (Å²) in [4.78, 5) is 10.7. The van der Waals surface area contributed by atoms with Gasteiger partial charge < -0.3 is 26.4 Å². The molecular weight excluding hydrogens is 760 g/mol. The number of rotatable bonds is 8. The lowest BCUT2D eigenvalue weighted by molar-refractivity contribution is 0.0697. The summed E-state index contributed by atoms with van der Waals surface area (Å²) in [6, 6.07) is 25.1. The molecule has 0 atom stereocenters. The first-order chi connectivity index (χ1) is 24.1. The van der Waals surface area contributed by atoms with Crippen molar-refractivity contribution < 1.29 is 33.1 Å². The van der Waals surface area contributed by atoms with Crippen LogP contribution in [0.5, 0.6) is 11.5 Å². The summed E-state index contributed by atoms with van der Waals surface area (Å²) in [6.07, 6.45) is 2.75. The highest BCUT2D eigenvalue weighted by Gasteiger charge is 2.12. The molecular formula is C33H26Cl2N6O7S3. The Labute approximate surface area is 312 Å². The molecule has 0 radical (unpaired) electrons. The molecule has 5 rings (SSSR count). The van der Waals surface area contributed by atoms with Gasteiger partial charge in [0.25, 0.3) is 10.1 Å². The Balaban J connectivity index is 0.000000230. The van der Waals surface area contributed by atoms with Gasteiger partial charge in [-0.15, -0.1) is 0 Å². The third-order valence-electron chi connectivity index (χ3n) is 6.65. The van der Waals surface area contributed by atoms with E-state index in [9.17, 15) is 23.4 Å². The number of phenolic OH excluding ortho intramolecular Hbond substituents is 2. The lowest BCUT2D eigenvalue weighted by atomic mass is 10.0. The van der Waals surface area contributed by atoms with Crippen LogP contribution in [-0.4, -0.2) is 56.9 Å². The van der Waals surface area contributed by atoms with Gasteiger partial charge in [0.2, 0.25) is 0 Å². The molecule has 18 heteroatoms. The number of hydrogen-bond donors (Lipinski definition) is 7. The molecule has 0 aliphatic rings. The average Bonchev–Trinajstić information content (AvgIpc) is 3.08. The molecule has 0 spiro atoms. The van der Waals surface area contributed by atoms with Crippen LogP contribution in [-0.2, 0) is 10.1 Å². The number of fused-ring (bicyclic) bond motifs is 1. The van der Waals surface area contributed by atoms with Crippen LogP contribution in [0.2, 0.25) is 10.0 Å². The Hall–Kier alpha value is -5.36. The van der Waals surface area contributed by atoms with E-state index in [1.807, 2.05) is 30.3 Å². The second-order valence-corrected chi connectivity index (χ2v) is 13.2. The van der Waals surface area contributed by atoms with Crippen molar-refractivity contribution in [2.75, 3.05) is 10.3 Å². The largest absolute Gasteiger partial charge is 0.507 e. The number of nitrogens with zero attached hydrogens (tertiary/aromatic N) is 3. The molecule has 0 aliphatic carbocycles. The Kier molecular flexibility index (Phi) is 12.8. The maximum Gasteiger partial charge on any atom is 0.335 e. The minimum Gasteiger partial charge on any atom is -0.507 e. The fourth-order valence-electron chi connectivity index (χ4n) is 4.24. The maximum absolute atomic E-state index is 11.0. The van der Waals surface area contributed by atoms with E-state index < -0.39 is 16.1 Å². The van der Waals surface area contributed by atoms with Gasteiger partial charge in [0.1, 0.15) is 11.5 Å². The number of hydrazone groups is 2. The fourth-order valence-corrected chi connectivity index (χ4v) is 5.56. The van der Waals surface area contributed by atoms with Gasteiger partial charge in [-0.1, -0.05) is 53.5 Å². The minimum atomic E-state index is -4.24. The van der Waals surface area contributed by atoms with Crippen LogP contribution in [0.3, 0.4) is 0 Å². The number of hydrogen-bond acceptors (Lipinski definition) is 9. The van der Waals surface area contributed by atoms with E-state index in [4.69, 9.17) is 63.0 Å². The van der Waals surface area contributed by atoms with E-state index in [-0.39, 0.29) is 42.8 Å². The van der Waals surface area contributed by atoms with Crippen molar-refractivity contribution in [3.63, 3.8) is 0 Å². The number of halogens is 2. The van der Waals surface area contributed by atoms with Crippen molar-refractivity contribution >= 4 is 109 Å². The van der Waals surface area contributed by atoms with Crippen molar-refractivity contribution in [3.8, 4) is 11.5 Å². The molecule has 0 aromatic heterocycles. The number of thiocarbonyl (C=S) groups is 2. The van der Waals surface area contributed by atoms with Gasteiger partial charge in [-0.25, -0.2) is 9.80 Å². The highest BCUT2D eigenvalue weighted by atomic mass is 35.5. The molecule has 51 heavy (non-hydrogen) atoms. The highest BCUT2D eigenvalue weighted by molar-refractivity contribution is 7.85. The fraction of sp³-hybridized carbons (Fsp3) is 0. The van der Waals surface area contributed by atoms with Crippen LogP contribution in [0.25, 0.3) is 10.8 Å². The lowest BCUT2D eigenvalue weighted by Gasteiger charge is -2.17. The number of carboxylic acid groups (broad SMARTS) is 1. The number of aromatic hydroxyl groups is 2. The van der Waals surface area contributed by atoms with Gasteiger partial charge >= 0.3 is 5.97 Å². The SMILES string of the molecule is NC(=S)N(N=Cc1cc(Cl)cc(Cl)c1O)c1ccc(C(=O)O)cc1.O=S(=O)(O)c1ccc(NC(=S)NN=Cc2c(O)ccc3ccccc23)cc1. The Morgan fingerprint density at radius 1 is 0.902 bits per heavy atom. The van der Waals surface area contributed by atoms with E-state index in [0.29, 0.717) is 22.0 Å². The van der Waals surface area contributed by atoms with Crippen LogP contribution >= 0.6 is 47.6 Å². The van der Waals surface area contributed by atoms with Crippen molar-refractivity contribution in [1.29, 1.82) is 0 Å². The zero-order chi connectivity index (χ0) is 37.3. The number of nitrogens with one attached hydrogen (secondary N) is 2. The molecule has 5 aromatic carbocycles. The molecule has 0 saturated heterocycles. The summed E-state index contributed by atoms with van der Waals surface area (Å²) < 4.78 is 31.0. The second-order valence-electron chi connectivity index (χ2n) is 10.1. The van der Waals surface area contributed by atoms with Gasteiger partial charge in [0.05, 0.1) is 33.6 Å². The van der Waals surface area contributed by atoms with E-state index in [2.05, 4.69) is 20.9 Å². The maximum atomic E-state index is 11.0. The number of aromatic carboxylic acids is 1. The first-order valence-electron chi connectivity index (χ1n) is 14.2. The van der Waals surface area contributed by atoms with Crippen molar-refractivity contribution in [3.05, 3.63) is 124 Å². The topological polar surface area (TPSA) is 210 Å². The van der Waals surface area contributed by atoms with E-state index in [1.165, 1.54) is 78.1 Å². The van der Waals surface area contributed by atoms with Crippen LogP contribution in [0.4, 0.5) is 11.4 Å². The van der Waals surface area contributed by atoms with Crippen LogP contribution in [0.15, 0.2) is 112 Å². The van der Waals surface area contributed by atoms with Gasteiger partial charge in [-0.2, -0.15) is 18.6 Å². The number of phenols is 2. The Morgan fingerprint density at radius 2 is 1.57 bits per heavy atom. The third kappa shape index (κ3) is 10.6. The lowest BCUT2D eigenvalue weighted by Crippen LogP contribution is -2.31. The quantitative estimate of drug-likeness (QED) is 0.0384. The van der Waals surface area contributed by atoms with Crippen LogP contribution in [0.1, 0.15) is 21.5 Å². The number of carbonyl (C=O) groups is 1. The number of nitrogens with two attached hydrogens (primary N) is 1. The Bertz CT molecular complexity index is 2270. The second kappa shape index (κ2) is 17.0. The normalized spacial score (nSPS) is 11.2. The molecule has 0 saturated carbocycles. The summed E-state index contributed by atoms with van der Waals surface area (Å²) in [6.45, 7) is 0. The minimum absolute atomic E-state index is 0.0676. The molecule has 0 fully saturated rings. The monoisotopic (exact) mass is 784 g/mol. The Morgan fingerprint density at radius 3 is 2.20 bits per heavy atom. The van der Waals surface area contributed by atoms with E-state index >= 15 is 0 Å². The third-order valence-corrected chi connectivity index (χ3v) is 8.40. The first kappa shape index (κ1) is 38.4. The van der Waals surface area contributed by atoms with Gasteiger partial charge in [-0.05, 0) is 102 Å². The van der Waals surface area contributed by atoms with Crippen LogP contribution < -0.4 is 21.5 Å². The summed E-state index contributed by atoms with van der Waals surface area (Å²) in [5.41, 5.74) is 10.2. The van der Waals surface area contributed by atoms with Gasteiger partial charge in [0, 0.05) is 21.8 Å². The number of benzene rings is 5.